The molecule has 0 aliphatic carbocycles. The standard InChI is InChI=1S/C13H11BrF2OS/c1-6-3-8(10(16)5-9(6)15)12(17)11-4-7(2)13(14)18-11/h3-5,12,17H,1-2H3. The highest BCUT2D eigenvalue weighted by Crippen LogP contribution is 2.35. The van der Waals surface area contributed by atoms with E-state index in [1.807, 2.05) is 6.92 Å². The maximum atomic E-state index is 13.7. The molecular formula is C13H11BrF2OS. The molecule has 1 heterocycles. The highest BCUT2D eigenvalue weighted by Gasteiger charge is 2.19. The van der Waals surface area contributed by atoms with Gasteiger partial charge in [-0.3, -0.25) is 0 Å². The third-order valence-corrected chi connectivity index (χ3v) is 4.91. The van der Waals surface area contributed by atoms with Gasteiger partial charge in [0.25, 0.3) is 0 Å². The molecule has 1 aromatic heterocycles. The number of aliphatic hydroxyl groups excluding tert-OH is 1. The maximum absolute atomic E-state index is 13.7. The smallest absolute Gasteiger partial charge is 0.132 e. The fourth-order valence-electron chi connectivity index (χ4n) is 1.66. The first kappa shape index (κ1) is 13.6. The minimum absolute atomic E-state index is 0.0997. The van der Waals surface area contributed by atoms with Crippen molar-refractivity contribution < 1.29 is 13.9 Å². The zero-order chi connectivity index (χ0) is 13.4. The summed E-state index contributed by atoms with van der Waals surface area (Å²) in [5.74, 6) is -1.33. The molecule has 0 saturated heterocycles. The van der Waals surface area contributed by atoms with E-state index in [1.165, 1.54) is 17.4 Å². The molecule has 0 saturated carbocycles. The number of aliphatic hydroxyl groups is 1. The number of hydrogen-bond acceptors (Lipinski definition) is 2. The highest BCUT2D eigenvalue weighted by atomic mass is 79.9. The molecule has 1 N–H and O–H groups in total. The van der Waals surface area contributed by atoms with Gasteiger partial charge in [-0.1, -0.05) is 0 Å². The van der Waals surface area contributed by atoms with Gasteiger partial charge in [0.1, 0.15) is 17.7 Å². The van der Waals surface area contributed by atoms with Crippen molar-refractivity contribution in [3.8, 4) is 0 Å². The van der Waals surface area contributed by atoms with Crippen LogP contribution >= 0.6 is 27.3 Å². The van der Waals surface area contributed by atoms with E-state index in [2.05, 4.69) is 15.9 Å². The molecule has 0 fully saturated rings. The van der Waals surface area contributed by atoms with Gasteiger partial charge in [0, 0.05) is 16.5 Å². The molecule has 0 radical (unpaired) electrons. The van der Waals surface area contributed by atoms with Crippen molar-refractivity contribution in [1.29, 1.82) is 0 Å². The number of hydrogen-bond donors (Lipinski definition) is 1. The molecule has 1 aromatic carbocycles. The predicted octanol–water partition coefficient (Wildman–Crippen LogP) is 4.49. The van der Waals surface area contributed by atoms with E-state index in [9.17, 15) is 13.9 Å². The summed E-state index contributed by atoms with van der Waals surface area (Å²) in [6, 6.07) is 3.94. The van der Waals surface area contributed by atoms with Crippen LogP contribution in [0.5, 0.6) is 0 Å². The minimum Gasteiger partial charge on any atom is -0.383 e. The van der Waals surface area contributed by atoms with E-state index in [4.69, 9.17) is 0 Å². The van der Waals surface area contributed by atoms with E-state index in [0.29, 0.717) is 10.4 Å². The minimum atomic E-state index is -1.07. The van der Waals surface area contributed by atoms with Gasteiger partial charge in [0.05, 0.1) is 3.79 Å². The molecule has 0 amide bonds. The van der Waals surface area contributed by atoms with Gasteiger partial charge in [-0.05, 0) is 53.0 Å². The first-order valence-electron chi connectivity index (χ1n) is 5.29. The van der Waals surface area contributed by atoms with Crippen LogP contribution < -0.4 is 0 Å². The van der Waals surface area contributed by atoms with Crippen LogP contribution in [0.2, 0.25) is 0 Å². The van der Waals surface area contributed by atoms with Crippen LogP contribution in [0, 0.1) is 25.5 Å². The highest BCUT2D eigenvalue weighted by molar-refractivity contribution is 9.11. The van der Waals surface area contributed by atoms with Gasteiger partial charge < -0.3 is 5.11 Å². The molecule has 1 atom stereocenters. The number of halogens is 3. The van der Waals surface area contributed by atoms with E-state index < -0.39 is 17.7 Å². The molecule has 2 rings (SSSR count). The fraction of sp³-hybridized carbons (Fsp3) is 0.231. The lowest BCUT2D eigenvalue weighted by atomic mass is 10.0. The van der Waals surface area contributed by atoms with Crippen molar-refractivity contribution in [2.24, 2.45) is 0 Å². The van der Waals surface area contributed by atoms with Crippen LogP contribution in [0.15, 0.2) is 22.0 Å². The first-order valence-corrected chi connectivity index (χ1v) is 6.90. The summed E-state index contributed by atoms with van der Waals surface area (Å²) in [7, 11) is 0. The van der Waals surface area contributed by atoms with Crippen molar-refractivity contribution >= 4 is 27.3 Å². The Bertz CT molecular complexity index is 575. The Hall–Kier alpha value is -0.780. The summed E-state index contributed by atoms with van der Waals surface area (Å²) in [5, 5.41) is 10.2. The second-order valence-electron chi connectivity index (χ2n) is 4.13. The Morgan fingerprint density at radius 1 is 1.11 bits per heavy atom. The first-order chi connectivity index (χ1) is 8.40. The van der Waals surface area contributed by atoms with Crippen molar-refractivity contribution in [3.05, 3.63) is 55.2 Å². The summed E-state index contributed by atoms with van der Waals surface area (Å²) in [4.78, 5) is 0.629. The monoisotopic (exact) mass is 332 g/mol. The van der Waals surface area contributed by atoms with Crippen LogP contribution in [-0.2, 0) is 0 Å². The Morgan fingerprint density at radius 3 is 2.33 bits per heavy atom. The summed E-state index contributed by atoms with van der Waals surface area (Å²) in [6.07, 6.45) is -1.07. The van der Waals surface area contributed by atoms with Gasteiger partial charge in [-0.15, -0.1) is 11.3 Å². The number of benzene rings is 1. The summed E-state index contributed by atoms with van der Waals surface area (Å²) >= 11 is 4.70. The van der Waals surface area contributed by atoms with Crippen LogP contribution in [0.3, 0.4) is 0 Å². The Balaban J connectivity index is 2.45. The zero-order valence-electron chi connectivity index (χ0n) is 9.80. The van der Waals surface area contributed by atoms with Crippen molar-refractivity contribution in [3.63, 3.8) is 0 Å². The number of thiophene rings is 1. The average Bonchev–Trinajstić information content (AvgIpc) is 2.63. The molecule has 0 aliphatic heterocycles. The van der Waals surface area contributed by atoms with Gasteiger partial charge in [-0.2, -0.15) is 0 Å². The van der Waals surface area contributed by atoms with Gasteiger partial charge in [-0.25, -0.2) is 8.78 Å². The van der Waals surface area contributed by atoms with Gasteiger partial charge >= 0.3 is 0 Å². The van der Waals surface area contributed by atoms with E-state index >= 15 is 0 Å². The largest absolute Gasteiger partial charge is 0.383 e. The molecule has 1 unspecified atom stereocenters. The van der Waals surface area contributed by atoms with Crippen molar-refractivity contribution in [2.45, 2.75) is 20.0 Å². The lowest BCUT2D eigenvalue weighted by molar-refractivity contribution is 0.218. The van der Waals surface area contributed by atoms with Crippen LogP contribution in [-0.4, -0.2) is 5.11 Å². The van der Waals surface area contributed by atoms with E-state index in [-0.39, 0.29) is 5.56 Å². The molecule has 5 heteroatoms. The Morgan fingerprint density at radius 2 is 1.78 bits per heavy atom. The van der Waals surface area contributed by atoms with Gasteiger partial charge in [0.2, 0.25) is 0 Å². The molecular weight excluding hydrogens is 322 g/mol. The average molecular weight is 333 g/mol. The van der Waals surface area contributed by atoms with Crippen molar-refractivity contribution in [2.75, 3.05) is 0 Å². The SMILES string of the molecule is Cc1cc(C(O)c2cc(C)c(Br)s2)c(F)cc1F. The Labute approximate surface area is 116 Å². The lowest BCUT2D eigenvalue weighted by Crippen LogP contribution is -2.02. The topological polar surface area (TPSA) is 20.2 Å². The lowest BCUT2D eigenvalue weighted by Gasteiger charge is -2.11. The molecule has 0 bridgehead atoms. The van der Waals surface area contributed by atoms with E-state index in [1.54, 1.807) is 13.0 Å². The molecule has 2 aromatic rings. The predicted molar refractivity (Wildman–Crippen MR) is 71.9 cm³/mol. The number of aryl methyl sites for hydroxylation is 2. The number of rotatable bonds is 2. The second-order valence-corrected chi connectivity index (χ2v) is 6.53. The van der Waals surface area contributed by atoms with Crippen LogP contribution in [0.4, 0.5) is 8.78 Å². The molecule has 0 aliphatic rings. The molecule has 96 valence electrons. The van der Waals surface area contributed by atoms with Crippen LogP contribution in [0.25, 0.3) is 0 Å². The summed E-state index contributed by atoms with van der Waals surface area (Å²) in [6.45, 7) is 3.43. The Kier molecular flexibility index (Phi) is 3.84. The van der Waals surface area contributed by atoms with Crippen LogP contribution in [0.1, 0.15) is 27.7 Å². The second kappa shape index (κ2) is 5.07. The molecule has 0 spiro atoms. The van der Waals surface area contributed by atoms with Crippen molar-refractivity contribution in [1.82, 2.24) is 0 Å². The summed E-state index contributed by atoms with van der Waals surface area (Å²) in [5.41, 5.74) is 1.40. The van der Waals surface area contributed by atoms with E-state index in [0.717, 1.165) is 15.4 Å². The zero-order valence-corrected chi connectivity index (χ0v) is 12.2. The third kappa shape index (κ3) is 2.48. The molecule has 1 nitrogen and oxygen atoms in total. The molecule has 18 heavy (non-hydrogen) atoms. The summed E-state index contributed by atoms with van der Waals surface area (Å²) < 4.78 is 27.7. The third-order valence-electron chi connectivity index (χ3n) is 2.72. The quantitative estimate of drug-likeness (QED) is 0.859. The normalized spacial score (nSPS) is 12.8. The van der Waals surface area contributed by atoms with Gasteiger partial charge in [0.15, 0.2) is 0 Å². The fourth-order valence-corrected chi connectivity index (χ4v) is 3.24. The maximum Gasteiger partial charge on any atom is 0.132 e.